The molecule has 0 heterocycles. The lowest BCUT2D eigenvalue weighted by Crippen LogP contribution is -2.28. The van der Waals surface area contributed by atoms with Gasteiger partial charge in [0.1, 0.15) is 6.10 Å². The molecular weight excluding hydrogens is 818 g/mol. The summed E-state index contributed by atoms with van der Waals surface area (Å²) in [6, 6.07) is 0. The number of esters is 1. The highest BCUT2D eigenvalue weighted by Crippen LogP contribution is 2.43. The largest absolute Gasteiger partial charge is 0.472 e. The summed E-state index contributed by atoms with van der Waals surface area (Å²) in [7, 11) is -4.29. The average Bonchev–Trinajstić information content (AvgIpc) is 3.29. The molecule has 3 N–H and O–H groups in total. The van der Waals surface area contributed by atoms with Crippen LogP contribution in [-0.4, -0.2) is 49.9 Å². The van der Waals surface area contributed by atoms with Crippen molar-refractivity contribution in [2.24, 2.45) is 5.73 Å². The van der Waals surface area contributed by atoms with Gasteiger partial charge in [-0.1, -0.05) is 216 Å². The van der Waals surface area contributed by atoms with Crippen LogP contribution in [0.2, 0.25) is 0 Å². The number of nitrogens with two attached hydrogens (primary N) is 1. The number of allylic oxidation sites excluding steroid dienone is 10. The Morgan fingerprint density at radius 3 is 1.23 bits per heavy atom. The van der Waals surface area contributed by atoms with Crippen LogP contribution in [0.15, 0.2) is 60.8 Å². The van der Waals surface area contributed by atoms with Gasteiger partial charge in [0.15, 0.2) is 0 Å². The van der Waals surface area contributed by atoms with Crippen molar-refractivity contribution < 1.29 is 32.8 Å². The predicted molar refractivity (Wildman–Crippen MR) is 275 cm³/mol. The van der Waals surface area contributed by atoms with Crippen LogP contribution in [0.4, 0.5) is 0 Å². The van der Waals surface area contributed by atoms with E-state index in [1.165, 1.54) is 167 Å². The van der Waals surface area contributed by atoms with Gasteiger partial charge in [0.25, 0.3) is 0 Å². The Morgan fingerprint density at radius 2 is 0.828 bits per heavy atom. The lowest BCUT2D eigenvalue weighted by molar-refractivity contribution is -0.154. The molecular formula is C55H102NO7P. The molecule has 0 aromatic heterocycles. The summed E-state index contributed by atoms with van der Waals surface area (Å²) in [5, 5.41) is 0. The standard InChI is InChI=1S/C55H102NO7P/c1-3-5-7-9-11-13-15-17-19-21-23-25-27-28-30-32-34-36-38-40-42-44-46-48-55(57)63-54(53-62-64(58,59)61-51-49-56)52-60-50-47-45-43-41-39-37-35-33-31-29-26-24-22-20-18-16-14-12-10-8-6-4-2/h15-18,21-24,29,31,54H,3-14,19-20,25-28,30,32-53,56H2,1-2H3,(H,58,59)/b17-15-,18-16-,23-21-,24-22-,31-29-. The molecule has 0 aromatic rings. The van der Waals surface area contributed by atoms with Crippen LogP contribution in [0.3, 0.4) is 0 Å². The quantitative estimate of drug-likeness (QED) is 0.0268. The van der Waals surface area contributed by atoms with Crippen molar-refractivity contribution in [3.8, 4) is 0 Å². The van der Waals surface area contributed by atoms with Crippen molar-refractivity contribution in [2.45, 2.75) is 251 Å². The molecule has 2 atom stereocenters. The normalized spacial score (nSPS) is 13.8. The molecule has 2 unspecified atom stereocenters. The molecule has 0 bridgehead atoms. The molecule has 0 aromatic carbocycles. The third kappa shape index (κ3) is 51.2. The van der Waals surface area contributed by atoms with E-state index >= 15 is 0 Å². The molecule has 64 heavy (non-hydrogen) atoms. The Morgan fingerprint density at radius 1 is 0.469 bits per heavy atom. The minimum Gasteiger partial charge on any atom is -0.457 e. The highest BCUT2D eigenvalue weighted by atomic mass is 31.2. The van der Waals surface area contributed by atoms with Crippen molar-refractivity contribution in [1.29, 1.82) is 0 Å². The van der Waals surface area contributed by atoms with Crippen LogP contribution in [0.25, 0.3) is 0 Å². The topological polar surface area (TPSA) is 117 Å². The molecule has 0 aliphatic carbocycles. The van der Waals surface area contributed by atoms with Gasteiger partial charge in [-0.3, -0.25) is 13.8 Å². The number of unbranched alkanes of at least 4 members (excludes halogenated alkanes) is 28. The molecule has 0 radical (unpaired) electrons. The van der Waals surface area contributed by atoms with E-state index in [2.05, 4.69) is 74.6 Å². The Hall–Kier alpha value is -1.80. The van der Waals surface area contributed by atoms with Gasteiger partial charge >= 0.3 is 13.8 Å². The lowest BCUT2D eigenvalue weighted by Gasteiger charge is -2.20. The molecule has 0 fully saturated rings. The first-order chi connectivity index (χ1) is 31.4. The minimum atomic E-state index is -4.29. The molecule has 374 valence electrons. The molecule has 8 nitrogen and oxygen atoms in total. The molecule has 0 spiro atoms. The first-order valence-electron chi connectivity index (χ1n) is 26.8. The zero-order valence-corrected chi connectivity index (χ0v) is 42.7. The van der Waals surface area contributed by atoms with E-state index < -0.39 is 13.9 Å². The number of ether oxygens (including phenoxy) is 2. The van der Waals surface area contributed by atoms with Crippen LogP contribution in [0.5, 0.6) is 0 Å². The van der Waals surface area contributed by atoms with E-state index in [1.807, 2.05) is 0 Å². The zero-order valence-electron chi connectivity index (χ0n) is 41.8. The van der Waals surface area contributed by atoms with Crippen molar-refractivity contribution in [1.82, 2.24) is 0 Å². The molecule has 0 amide bonds. The zero-order chi connectivity index (χ0) is 46.5. The van der Waals surface area contributed by atoms with E-state index in [0.29, 0.717) is 13.0 Å². The maximum absolute atomic E-state index is 12.7. The van der Waals surface area contributed by atoms with Gasteiger partial charge < -0.3 is 20.1 Å². The van der Waals surface area contributed by atoms with Crippen LogP contribution >= 0.6 is 7.82 Å². The van der Waals surface area contributed by atoms with Gasteiger partial charge in [-0.15, -0.1) is 0 Å². The summed E-state index contributed by atoms with van der Waals surface area (Å²) in [5.74, 6) is -0.335. The summed E-state index contributed by atoms with van der Waals surface area (Å²) >= 11 is 0. The van der Waals surface area contributed by atoms with Crippen molar-refractivity contribution in [3.05, 3.63) is 60.8 Å². The molecule has 0 aliphatic heterocycles. The third-order valence-corrected chi connectivity index (χ3v) is 12.4. The monoisotopic (exact) mass is 920 g/mol. The number of phosphoric acid groups is 1. The molecule has 0 saturated carbocycles. The van der Waals surface area contributed by atoms with Gasteiger partial charge in [0, 0.05) is 19.6 Å². The Kier molecular flexibility index (Phi) is 50.7. The van der Waals surface area contributed by atoms with E-state index in [1.54, 1.807) is 0 Å². The number of hydrogen-bond acceptors (Lipinski definition) is 7. The Balaban J connectivity index is 3.96. The predicted octanol–water partition coefficient (Wildman–Crippen LogP) is 16.9. The summed E-state index contributed by atoms with van der Waals surface area (Å²) < 4.78 is 33.6. The van der Waals surface area contributed by atoms with Gasteiger partial charge in [0.05, 0.1) is 19.8 Å². The minimum absolute atomic E-state index is 0.0963. The van der Waals surface area contributed by atoms with Crippen LogP contribution in [0.1, 0.15) is 245 Å². The number of carbonyl (C=O) groups is 1. The summed E-state index contributed by atoms with van der Waals surface area (Å²) in [6.45, 7) is 4.90. The van der Waals surface area contributed by atoms with Crippen LogP contribution in [0, 0.1) is 0 Å². The highest BCUT2D eigenvalue weighted by molar-refractivity contribution is 7.47. The molecule has 9 heteroatoms. The SMILES string of the molecule is CCCCCCC/C=C\C/C=C\C/C=C\CCCCCCCCCOCC(COP(=O)(O)OCCN)OC(=O)CCCCCCCCCCCCC/C=C\C/C=C\CCCCCCC. The smallest absolute Gasteiger partial charge is 0.457 e. The first-order valence-corrected chi connectivity index (χ1v) is 28.3. The molecule has 0 rings (SSSR count). The van der Waals surface area contributed by atoms with Gasteiger partial charge in [-0.05, 0) is 83.5 Å². The summed E-state index contributed by atoms with van der Waals surface area (Å²) in [5.41, 5.74) is 5.39. The van der Waals surface area contributed by atoms with E-state index in [-0.39, 0.29) is 32.3 Å². The average molecular weight is 920 g/mol. The molecule has 0 aliphatic rings. The van der Waals surface area contributed by atoms with E-state index in [0.717, 1.165) is 57.8 Å². The van der Waals surface area contributed by atoms with E-state index in [9.17, 15) is 14.3 Å². The number of carbonyl (C=O) groups excluding carboxylic acids is 1. The fraction of sp³-hybridized carbons (Fsp3) is 0.800. The summed E-state index contributed by atoms with van der Waals surface area (Å²) in [6.07, 6.45) is 65.4. The van der Waals surface area contributed by atoms with Crippen LogP contribution < -0.4 is 5.73 Å². The molecule has 0 saturated heterocycles. The van der Waals surface area contributed by atoms with Gasteiger partial charge in [-0.2, -0.15) is 0 Å². The van der Waals surface area contributed by atoms with E-state index in [4.69, 9.17) is 24.3 Å². The fourth-order valence-corrected chi connectivity index (χ4v) is 8.21. The fourth-order valence-electron chi connectivity index (χ4n) is 7.45. The highest BCUT2D eigenvalue weighted by Gasteiger charge is 2.25. The summed E-state index contributed by atoms with van der Waals surface area (Å²) in [4.78, 5) is 22.6. The maximum Gasteiger partial charge on any atom is 0.472 e. The maximum atomic E-state index is 12.7. The number of hydrogen-bond donors (Lipinski definition) is 2. The second-order valence-corrected chi connectivity index (χ2v) is 19.2. The second-order valence-electron chi connectivity index (χ2n) is 17.7. The van der Waals surface area contributed by atoms with Gasteiger partial charge in [0.2, 0.25) is 0 Å². The Bertz CT molecular complexity index is 1170. The van der Waals surface area contributed by atoms with Crippen LogP contribution in [-0.2, 0) is 27.9 Å². The third-order valence-electron chi connectivity index (χ3n) is 11.4. The lowest BCUT2D eigenvalue weighted by atomic mass is 10.0. The Labute approximate surface area is 395 Å². The van der Waals surface area contributed by atoms with Crippen molar-refractivity contribution in [2.75, 3.05) is 33.0 Å². The van der Waals surface area contributed by atoms with Crippen molar-refractivity contribution in [3.63, 3.8) is 0 Å². The van der Waals surface area contributed by atoms with Gasteiger partial charge in [-0.25, -0.2) is 4.57 Å². The van der Waals surface area contributed by atoms with Crippen molar-refractivity contribution >= 4 is 13.8 Å². The first kappa shape index (κ1) is 62.2. The second kappa shape index (κ2) is 52.2. The number of rotatable bonds is 51. The number of phosphoric ester groups is 1.